The van der Waals surface area contributed by atoms with Crippen LogP contribution in [0.4, 0.5) is 0 Å². The summed E-state index contributed by atoms with van der Waals surface area (Å²) in [5.74, 6) is 0. The van der Waals surface area contributed by atoms with Crippen LogP contribution in [0.1, 0.15) is 19.4 Å². The molecule has 0 aliphatic carbocycles. The standard InChI is InChI=1S/C7H6ClO.2C2H5.Al.ClH/c8-7-3-1-6(5-9)2-4-7;2*1-2;;/h1-4H,5H2;2*1H2,2H3;;1H/q-1;;;+1;. The monoisotopic (exact) mass is 262 g/mol. The Morgan fingerprint density at radius 3 is 2.13 bits per heavy atom. The molecule has 0 spiro atoms. The molecular formula is C11H17AlCl2O. The highest BCUT2D eigenvalue weighted by atomic mass is 35.5. The summed E-state index contributed by atoms with van der Waals surface area (Å²) in [6, 6.07) is 7.88. The molecule has 1 nitrogen and oxygen atoms in total. The largest absolute Gasteiger partial charge is 0.497 e. The summed E-state index contributed by atoms with van der Waals surface area (Å²) in [6.45, 7) is 5.17. The molecule has 0 bridgehead atoms. The molecule has 0 atom stereocenters. The zero-order chi connectivity index (χ0) is 10.4. The fourth-order valence-electron chi connectivity index (χ4n) is 1.32. The van der Waals surface area contributed by atoms with E-state index in [1.807, 2.05) is 24.3 Å². The minimum atomic E-state index is -0.907. The zero-order valence-corrected chi connectivity index (χ0v) is 11.9. The van der Waals surface area contributed by atoms with Crippen molar-refractivity contribution in [1.82, 2.24) is 0 Å². The highest BCUT2D eigenvalue weighted by Gasteiger charge is 2.14. The number of rotatable bonds is 5. The summed E-state index contributed by atoms with van der Waals surface area (Å²) in [5.41, 5.74) is 1.22. The Hall–Kier alpha value is 0.292. The molecule has 0 heterocycles. The molecule has 15 heavy (non-hydrogen) atoms. The van der Waals surface area contributed by atoms with E-state index in [1.165, 1.54) is 16.1 Å². The lowest BCUT2D eigenvalue weighted by molar-refractivity contribution is 0.308. The van der Waals surface area contributed by atoms with E-state index >= 15 is 0 Å². The average molecular weight is 263 g/mol. The van der Waals surface area contributed by atoms with Crippen LogP contribution in [0.3, 0.4) is 0 Å². The molecule has 0 saturated carbocycles. The fraction of sp³-hybridized carbons (Fsp3) is 0.455. The van der Waals surface area contributed by atoms with Crippen LogP contribution < -0.4 is 0 Å². The topological polar surface area (TPSA) is 9.23 Å². The highest BCUT2D eigenvalue weighted by molar-refractivity contribution is 6.51. The minimum Gasteiger partial charge on any atom is -0.497 e. The zero-order valence-electron chi connectivity index (χ0n) is 9.20. The summed E-state index contributed by atoms with van der Waals surface area (Å²) in [7, 11) is 0. The second-order valence-electron chi connectivity index (χ2n) is 3.38. The van der Waals surface area contributed by atoms with Crippen molar-refractivity contribution in [3.8, 4) is 0 Å². The first kappa shape index (κ1) is 15.3. The maximum Gasteiger partial charge on any atom is 0.460 e. The lowest BCUT2D eigenvalue weighted by Gasteiger charge is -2.09. The predicted octanol–water partition coefficient (Wildman–Crippen LogP) is 4.31. The fourth-order valence-corrected chi connectivity index (χ4v) is 2.92. The molecule has 0 aliphatic heterocycles. The molecule has 84 valence electrons. The Morgan fingerprint density at radius 1 is 1.13 bits per heavy atom. The van der Waals surface area contributed by atoms with Crippen molar-refractivity contribution in [1.29, 1.82) is 0 Å². The van der Waals surface area contributed by atoms with Gasteiger partial charge in [-0.3, -0.25) is 0 Å². The Kier molecular flexibility index (Phi) is 8.61. The van der Waals surface area contributed by atoms with Crippen LogP contribution in [0, 0.1) is 0 Å². The van der Waals surface area contributed by atoms with E-state index in [4.69, 9.17) is 15.4 Å². The van der Waals surface area contributed by atoms with Gasteiger partial charge in [-0.25, -0.2) is 0 Å². The van der Waals surface area contributed by atoms with Gasteiger partial charge in [0.1, 0.15) is 0 Å². The lowest BCUT2D eigenvalue weighted by atomic mass is 10.2. The summed E-state index contributed by atoms with van der Waals surface area (Å²) in [4.78, 5) is 0. The van der Waals surface area contributed by atoms with Crippen LogP contribution in [0.25, 0.3) is 0 Å². The first-order valence-corrected chi connectivity index (χ1v) is 7.60. The van der Waals surface area contributed by atoms with Gasteiger partial charge in [0.2, 0.25) is 0 Å². The van der Waals surface area contributed by atoms with E-state index in [9.17, 15) is 0 Å². The smallest absolute Gasteiger partial charge is 0.460 e. The molecule has 0 aliphatic rings. The van der Waals surface area contributed by atoms with Gasteiger partial charge in [0, 0.05) is 11.6 Å². The Bertz CT molecular complexity index is 260. The van der Waals surface area contributed by atoms with Crippen LogP contribution in [0.2, 0.25) is 15.6 Å². The molecule has 1 aromatic carbocycles. The van der Waals surface area contributed by atoms with Gasteiger partial charge in [-0.15, -0.1) is 12.4 Å². The number of hydrogen-bond acceptors (Lipinski definition) is 1. The van der Waals surface area contributed by atoms with Gasteiger partial charge < -0.3 is 3.79 Å². The van der Waals surface area contributed by atoms with Gasteiger partial charge >= 0.3 is 14.5 Å². The van der Waals surface area contributed by atoms with Crippen LogP contribution in [0.5, 0.6) is 0 Å². The third-order valence-corrected chi connectivity index (χ3v) is 5.02. The molecule has 1 aromatic rings. The Morgan fingerprint density at radius 2 is 1.67 bits per heavy atom. The maximum absolute atomic E-state index is 5.86. The first-order chi connectivity index (χ1) is 6.76. The molecule has 0 fully saturated rings. The van der Waals surface area contributed by atoms with Gasteiger partial charge in [0.25, 0.3) is 0 Å². The highest BCUT2D eigenvalue weighted by Crippen LogP contribution is 2.11. The predicted molar refractivity (Wildman–Crippen MR) is 70.2 cm³/mol. The molecule has 0 amide bonds. The number of benzene rings is 1. The third-order valence-electron chi connectivity index (χ3n) is 2.31. The van der Waals surface area contributed by atoms with Crippen LogP contribution in [-0.4, -0.2) is 14.5 Å². The van der Waals surface area contributed by atoms with E-state index in [2.05, 4.69) is 13.8 Å². The van der Waals surface area contributed by atoms with Gasteiger partial charge in [-0.2, -0.15) is 0 Å². The molecular weight excluding hydrogens is 246 g/mol. The molecule has 0 aromatic heterocycles. The van der Waals surface area contributed by atoms with Crippen molar-refractivity contribution in [2.45, 2.75) is 31.0 Å². The van der Waals surface area contributed by atoms with Crippen molar-refractivity contribution < 1.29 is 3.79 Å². The van der Waals surface area contributed by atoms with Gasteiger partial charge in [0.15, 0.2) is 0 Å². The first-order valence-electron chi connectivity index (χ1n) is 5.12. The lowest BCUT2D eigenvalue weighted by Crippen LogP contribution is -2.14. The third kappa shape index (κ3) is 5.80. The quantitative estimate of drug-likeness (QED) is 0.719. The SMILES string of the molecule is C[CH2][Al]([CH2]C)[O]Cc1ccc(Cl)cc1.Cl. The second-order valence-corrected chi connectivity index (χ2v) is 7.02. The van der Waals surface area contributed by atoms with Crippen molar-refractivity contribution in [2.24, 2.45) is 0 Å². The van der Waals surface area contributed by atoms with Crippen LogP contribution >= 0.6 is 24.0 Å². The van der Waals surface area contributed by atoms with E-state index in [0.717, 1.165) is 11.6 Å². The van der Waals surface area contributed by atoms with Gasteiger partial charge in [0.05, 0.1) is 0 Å². The van der Waals surface area contributed by atoms with Crippen LogP contribution in [0.15, 0.2) is 24.3 Å². The molecule has 0 radical (unpaired) electrons. The molecule has 0 saturated heterocycles. The summed E-state index contributed by atoms with van der Waals surface area (Å²) < 4.78 is 5.86. The maximum atomic E-state index is 5.86. The van der Waals surface area contributed by atoms with Gasteiger partial charge in [-0.05, 0) is 17.7 Å². The average Bonchev–Trinajstić information content (AvgIpc) is 2.22. The molecule has 0 unspecified atom stereocenters. The summed E-state index contributed by atoms with van der Waals surface area (Å²) >= 11 is 4.89. The normalized spacial score (nSPS) is 9.53. The summed E-state index contributed by atoms with van der Waals surface area (Å²) in [5, 5.41) is 3.21. The minimum absolute atomic E-state index is 0. The van der Waals surface area contributed by atoms with E-state index in [1.54, 1.807) is 0 Å². The number of hydrogen-bond donors (Lipinski definition) is 0. The summed E-state index contributed by atoms with van der Waals surface area (Å²) in [6.07, 6.45) is 0. The van der Waals surface area contributed by atoms with E-state index < -0.39 is 14.5 Å². The van der Waals surface area contributed by atoms with E-state index in [-0.39, 0.29) is 12.4 Å². The van der Waals surface area contributed by atoms with Crippen molar-refractivity contribution in [2.75, 3.05) is 0 Å². The molecule has 1 rings (SSSR count). The molecule has 0 N–H and O–H groups in total. The Labute approximate surface area is 108 Å². The van der Waals surface area contributed by atoms with Crippen LogP contribution in [-0.2, 0) is 10.4 Å². The second kappa shape index (κ2) is 8.45. The van der Waals surface area contributed by atoms with Crippen molar-refractivity contribution in [3.63, 3.8) is 0 Å². The van der Waals surface area contributed by atoms with Crippen molar-refractivity contribution >= 4 is 38.5 Å². The number of halogens is 2. The Balaban J connectivity index is 0.00000196. The van der Waals surface area contributed by atoms with Gasteiger partial charge in [-0.1, -0.05) is 48.1 Å². The molecule has 4 heteroatoms. The van der Waals surface area contributed by atoms with Crippen molar-refractivity contribution in [3.05, 3.63) is 34.9 Å². The van der Waals surface area contributed by atoms with E-state index in [0.29, 0.717) is 0 Å².